The van der Waals surface area contributed by atoms with Crippen LogP contribution in [0.2, 0.25) is 5.02 Å². The molecular formula is C12H14ClNO4. The van der Waals surface area contributed by atoms with Crippen LogP contribution < -0.4 is 10.1 Å². The molecule has 6 heteroatoms. The Bertz CT molecular complexity index is 448. The van der Waals surface area contributed by atoms with Crippen LogP contribution in [-0.2, 0) is 9.53 Å². The van der Waals surface area contributed by atoms with Gasteiger partial charge in [0.2, 0.25) is 0 Å². The summed E-state index contributed by atoms with van der Waals surface area (Å²) in [6.45, 7) is 2.14. The summed E-state index contributed by atoms with van der Waals surface area (Å²) in [4.78, 5) is 22.7. The van der Waals surface area contributed by atoms with E-state index in [1.165, 1.54) is 19.2 Å². The van der Waals surface area contributed by atoms with Gasteiger partial charge < -0.3 is 14.8 Å². The van der Waals surface area contributed by atoms with Crippen molar-refractivity contribution in [3.8, 4) is 5.75 Å². The second-order valence-electron chi connectivity index (χ2n) is 3.37. The molecule has 5 nitrogen and oxygen atoms in total. The highest BCUT2D eigenvalue weighted by Gasteiger charge is 2.14. The molecule has 18 heavy (non-hydrogen) atoms. The van der Waals surface area contributed by atoms with Crippen LogP contribution in [0.25, 0.3) is 0 Å². The number of nitrogens with one attached hydrogen (secondary N) is 1. The van der Waals surface area contributed by atoms with Crippen LogP contribution >= 0.6 is 11.6 Å². The molecule has 1 rings (SSSR count). The Morgan fingerprint density at radius 2 is 2.11 bits per heavy atom. The summed E-state index contributed by atoms with van der Waals surface area (Å²) in [5, 5.41) is 2.99. The van der Waals surface area contributed by atoms with Gasteiger partial charge in [-0.25, -0.2) is 4.79 Å². The Kier molecular flexibility index (Phi) is 5.45. The fraction of sp³-hybridized carbons (Fsp3) is 0.333. The molecule has 0 spiro atoms. The molecule has 1 aromatic carbocycles. The van der Waals surface area contributed by atoms with E-state index in [1.54, 1.807) is 13.0 Å². The van der Waals surface area contributed by atoms with Gasteiger partial charge in [0.25, 0.3) is 5.91 Å². The van der Waals surface area contributed by atoms with Gasteiger partial charge in [0.15, 0.2) is 6.61 Å². The van der Waals surface area contributed by atoms with Crippen LogP contribution in [0.1, 0.15) is 17.3 Å². The molecule has 0 fully saturated rings. The molecule has 1 amide bonds. The number of hydrogen-bond acceptors (Lipinski definition) is 4. The third-order valence-corrected chi connectivity index (χ3v) is 2.32. The molecule has 1 aromatic rings. The maximum atomic E-state index is 11.5. The average Bonchev–Trinajstić information content (AvgIpc) is 2.36. The van der Waals surface area contributed by atoms with Gasteiger partial charge in [-0.1, -0.05) is 11.6 Å². The molecule has 0 bridgehead atoms. The van der Waals surface area contributed by atoms with E-state index in [2.05, 4.69) is 10.1 Å². The number of amides is 1. The van der Waals surface area contributed by atoms with Crippen molar-refractivity contribution in [2.24, 2.45) is 0 Å². The molecular weight excluding hydrogens is 258 g/mol. The maximum absolute atomic E-state index is 11.5. The standard InChI is InChI=1S/C12H14ClNO4/c1-3-14-11(15)7-18-10-6-8(13)4-5-9(10)12(16)17-2/h4-6H,3,7H2,1-2H3,(H,14,15). The number of carbonyl (C=O) groups is 2. The van der Waals surface area contributed by atoms with Crippen LogP contribution in [0, 0.1) is 0 Å². The van der Waals surface area contributed by atoms with E-state index >= 15 is 0 Å². The summed E-state index contributed by atoms with van der Waals surface area (Å²) in [5.74, 6) is -0.591. The molecule has 0 radical (unpaired) electrons. The molecule has 0 atom stereocenters. The summed E-state index contributed by atoms with van der Waals surface area (Å²) in [6.07, 6.45) is 0. The SMILES string of the molecule is CCNC(=O)COc1cc(Cl)ccc1C(=O)OC. The molecule has 98 valence electrons. The molecule has 0 saturated heterocycles. The highest BCUT2D eigenvalue weighted by Crippen LogP contribution is 2.24. The quantitative estimate of drug-likeness (QED) is 0.827. The van der Waals surface area contributed by atoms with E-state index in [4.69, 9.17) is 16.3 Å². The number of ether oxygens (including phenoxy) is 2. The summed E-state index contributed by atoms with van der Waals surface area (Å²) < 4.78 is 9.87. The first-order valence-corrected chi connectivity index (χ1v) is 5.73. The van der Waals surface area contributed by atoms with Gasteiger partial charge in [-0.3, -0.25) is 4.79 Å². The molecule has 0 aliphatic heterocycles. The molecule has 0 saturated carbocycles. The van der Waals surface area contributed by atoms with E-state index in [0.29, 0.717) is 11.6 Å². The third-order valence-electron chi connectivity index (χ3n) is 2.08. The van der Waals surface area contributed by atoms with Crippen molar-refractivity contribution in [2.75, 3.05) is 20.3 Å². The smallest absolute Gasteiger partial charge is 0.341 e. The second-order valence-corrected chi connectivity index (χ2v) is 3.81. The van der Waals surface area contributed by atoms with Crippen molar-refractivity contribution in [1.29, 1.82) is 0 Å². The Morgan fingerprint density at radius 3 is 2.72 bits per heavy atom. The lowest BCUT2D eigenvalue weighted by Crippen LogP contribution is -2.28. The number of methoxy groups -OCH3 is 1. The Hall–Kier alpha value is -1.75. The summed E-state index contributed by atoms with van der Waals surface area (Å²) in [7, 11) is 1.27. The van der Waals surface area contributed by atoms with E-state index in [-0.39, 0.29) is 23.8 Å². The van der Waals surface area contributed by atoms with Crippen molar-refractivity contribution in [3.05, 3.63) is 28.8 Å². The van der Waals surface area contributed by atoms with Gasteiger partial charge in [-0.05, 0) is 25.1 Å². The first-order chi connectivity index (χ1) is 8.58. The van der Waals surface area contributed by atoms with Crippen molar-refractivity contribution < 1.29 is 19.1 Å². The zero-order chi connectivity index (χ0) is 13.5. The fourth-order valence-electron chi connectivity index (χ4n) is 1.29. The minimum absolute atomic E-state index is 0.182. The molecule has 0 heterocycles. The topological polar surface area (TPSA) is 64.6 Å². The van der Waals surface area contributed by atoms with Crippen LogP contribution in [0.3, 0.4) is 0 Å². The zero-order valence-corrected chi connectivity index (χ0v) is 10.9. The molecule has 0 unspecified atom stereocenters. The Balaban J connectivity index is 2.82. The largest absolute Gasteiger partial charge is 0.483 e. The van der Waals surface area contributed by atoms with Crippen molar-refractivity contribution in [1.82, 2.24) is 5.32 Å². The fourth-order valence-corrected chi connectivity index (χ4v) is 1.45. The molecule has 0 aliphatic carbocycles. The maximum Gasteiger partial charge on any atom is 0.341 e. The predicted molar refractivity (Wildman–Crippen MR) is 67.0 cm³/mol. The summed E-state index contributed by atoms with van der Waals surface area (Å²) >= 11 is 5.81. The van der Waals surface area contributed by atoms with E-state index in [9.17, 15) is 9.59 Å². The van der Waals surface area contributed by atoms with Gasteiger partial charge in [0, 0.05) is 11.6 Å². The van der Waals surface area contributed by atoms with Crippen LogP contribution in [0.15, 0.2) is 18.2 Å². The number of rotatable bonds is 5. The molecule has 1 N–H and O–H groups in total. The Labute approximate surface area is 110 Å². The predicted octanol–water partition coefficient (Wildman–Crippen LogP) is 1.64. The van der Waals surface area contributed by atoms with Gasteiger partial charge in [-0.2, -0.15) is 0 Å². The second kappa shape index (κ2) is 6.86. The van der Waals surface area contributed by atoms with Gasteiger partial charge in [0.1, 0.15) is 11.3 Å². The van der Waals surface area contributed by atoms with E-state index in [1.807, 2.05) is 0 Å². The molecule has 0 aromatic heterocycles. The third kappa shape index (κ3) is 3.92. The van der Waals surface area contributed by atoms with Crippen molar-refractivity contribution >= 4 is 23.5 Å². The van der Waals surface area contributed by atoms with Gasteiger partial charge >= 0.3 is 5.97 Å². The van der Waals surface area contributed by atoms with Crippen LogP contribution in [0.5, 0.6) is 5.75 Å². The number of halogens is 1. The number of carbonyl (C=O) groups excluding carboxylic acids is 2. The van der Waals surface area contributed by atoms with Gasteiger partial charge in [-0.15, -0.1) is 0 Å². The van der Waals surface area contributed by atoms with E-state index in [0.717, 1.165) is 0 Å². The number of hydrogen-bond donors (Lipinski definition) is 1. The van der Waals surface area contributed by atoms with E-state index < -0.39 is 5.97 Å². The normalized spacial score (nSPS) is 9.72. The molecule has 0 aliphatic rings. The minimum atomic E-state index is -0.544. The lowest BCUT2D eigenvalue weighted by Gasteiger charge is -2.10. The Morgan fingerprint density at radius 1 is 1.39 bits per heavy atom. The van der Waals surface area contributed by atoms with Crippen LogP contribution in [0.4, 0.5) is 0 Å². The zero-order valence-electron chi connectivity index (χ0n) is 10.2. The number of esters is 1. The first kappa shape index (κ1) is 14.3. The number of benzene rings is 1. The van der Waals surface area contributed by atoms with Gasteiger partial charge in [0.05, 0.1) is 7.11 Å². The van der Waals surface area contributed by atoms with Crippen molar-refractivity contribution in [2.45, 2.75) is 6.92 Å². The highest BCUT2D eigenvalue weighted by atomic mass is 35.5. The summed E-state index contributed by atoms with van der Waals surface area (Å²) in [5.41, 5.74) is 0.228. The van der Waals surface area contributed by atoms with Crippen LogP contribution in [-0.4, -0.2) is 32.1 Å². The first-order valence-electron chi connectivity index (χ1n) is 5.35. The number of likely N-dealkylation sites (N-methyl/N-ethyl adjacent to an activating group) is 1. The average molecular weight is 272 g/mol. The summed E-state index contributed by atoms with van der Waals surface area (Å²) in [6, 6.07) is 4.50. The lowest BCUT2D eigenvalue weighted by molar-refractivity contribution is -0.123. The minimum Gasteiger partial charge on any atom is -0.483 e. The lowest BCUT2D eigenvalue weighted by atomic mass is 10.2. The van der Waals surface area contributed by atoms with Crippen molar-refractivity contribution in [3.63, 3.8) is 0 Å². The monoisotopic (exact) mass is 271 g/mol. The highest BCUT2D eigenvalue weighted by molar-refractivity contribution is 6.30.